The summed E-state index contributed by atoms with van der Waals surface area (Å²) in [6.45, 7) is 6.89. The van der Waals surface area contributed by atoms with Crippen LogP contribution in [0.15, 0.2) is 46.9 Å². The van der Waals surface area contributed by atoms with Crippen molar-refractivity contribution >= 4 is 5.91 Å². The molecule has 1 amide bonds. The van der Waals surface area contributed by atoms with E-state index in [1.54, 1.807) is 12.1 Å². The number of rotatable bonds is 6. The molecule has 2 aromatic rings. The molecule has 1 aliphatic rings. The van der Waals surface area contributed by atoms with Crippen LogP contribution in [0.25, 0.3) is 0 Å². The van der Waals surface area contributed by atoms with Crippen molar-refractivity contribution in [2.45, 2.75) is 38.6 Å². The van der Waals surface area contributed by atoms with Gasteiger partial charge in [-0.05, 0) is 50.8 Å². The van der Waals surface area contributed by atoms with E-state index in [9.17, 15) is 4.79 Å². The van der Waals surface area contributed by atoms with Crippen molar-refractivity contribution in [1.82, 2.24) is 10.2 Å². The van der Waals surface area contributed by atoms with Crippen LogP contribution in [0.5, 0.6) is 0 Å². The van der Waals surface area contributed by atoms with E-state index in [1.165, 1.54) is 5.56 Å². The fourth-order valence-corrected chi connectivity index (χ4v) is 3.26. The van der Waals surface area contributed by atoms with Crippen molar-refractivity contribution in [1.29, 1.82) is 0 Å². The molecule has 0 spiro atoms. The molecule has 1 fully saturated rings. The van der Waals surface area contributed by atoms with Crippen LogP contribution in [0.2, 0.25) is 0 Å². The first kappa shape index (κ1) is 18.7. The molecule has 1 N–H and O–H groups in total. The highest BCUT2D eigenvalue weighted by Gasteiger charge is 2.31. The molecule has 1 aromatic carbocycles. The number of hydrogen-bond acceptors (Lipinski definition) is 4. The topological polar surface area (TPSA) is 54.7 Å². The Morgan fingerprint density at radius 3 is 2.77 bits per heavy atom. The van der Waals surface area contributed by atoms with Gasteiger partial charge in [0.25, 0.3) is 5.91 Å². The summed E-state index contributed by atoms with van der Waals surface area (Å²) < 4.78 is 11.3. The predicted octanol–water partition coefficient (Wildman–Crippen LogP) is 3.39. The Balaban J connectivity index is 1.46. The van der Waals surface area contributed by atoms with E-state index in [2.05, 4.69) is 34.5 Å². The lowest BCUT2D eigenvalue weighted by molar-refractivity contribution is 0.0302. The van der Waals surface area contributed by atoms with Gasteiger partial charge in [-0.1, -0.05) is 30.3 Å². The molecule has 0 aliphatic carbocycles. The number of nitrogens with one attached hydrogen (secondary N) is 1. The van der Waals surface area contributed by atoms with Crippen molar-refractivity contribution in [2.75, 3.05) is 26.4 Å². The first-order chi connectivity index (χ1) is 12.5. The normalized spacial score (nSPS) is 21.3. The van der Waals surface area contributed by atoms with E-state index >= 15 is 0 Å². The third-order valence-electron chi connectivity index (χ3n) is 4.84. The zero-order chi connectivity index (χ0) is 18.4. The molecule has 5 heteroatoms. The Morgan fingerprint density at radius 1 is 1.23 bits per heavy atom. The monoisotopic (exact) mass is 356 g/mol. The summed E-state index contributed by atoms with van der Waals surface area (Å²) in [7, 11) is 0. The van der Waals surface area contributed by atoms with Gasteiger partial charge in [-0.25, -0.2) is 0 Å². The highest BCUT2D eigenvalue weighted by atomic mass is 16.5. The molecule has 2 heterocycles. The summed E-state index contributed by atoms with van der Waals surface area (Å²) in [6, 6.07) is 14.1. The van der Waals surface area contributed by atoms with Crippen LogP contribution >= 0.6 is 0 Å². The van der Waals surface area contributed by atoms with Gasteiger partial charge in [0.05, 0.1) is 18.9 Å². The maximum absolute atomic E-state index is 12.4. The number of amides is 1. The third kappa shape index (κ3) is 5.19. The minimum absolute atomic E-state index is 0.179. The van der Waals surface area contributed by atoms with Gasteiger partial charge in [-0.3, -0.25) is 9.69 Å². The van der Waals surface area contributed by atoms with Crippen LogP contribution in [-0.2, 0) is 11.2 Å². The molecule has 26 heavy (non-hydrogen) atoms. The smallest absolute Gasteiger partial charge is 0.287 e. The van der Waals surface area contributed by atoms with Crippen LogP contribution in [0, 0.1) is 6.92 Å². The highest BCUT2D eigenvalue weighted by molar-refractivity contribution is 5.92. The first-order valence-electron chi connectivity index (χ1n) is 9.27. The average Bonchev–Trinajstić information content (AvgIpc) is 2.98. The Morgan fingerprint density at radius 2 is 2.04 bits per heavy atom. The van der Waals surface area contributed by atoms with E-state index in [0.717, 1.165) is 38.1 Å². The maximum Gasteiger partial charge on any atom is 0.287 e. The van der Waals surface area contributed by atoms with Crippen LogP contribution in [0.4, 0.5) is 0 Å². The maximum atomic E-state index is 12.4. The summed E-state index contributed by atoms with van der Waals surface area (Å²) in [5.41, 5.74) is 0.987. The average molecular weight is 356 g/mol. The van der Waals surface area contributed by atoms with E-state index in [1.807, 2.05) is 19.9 Å². The zero-order valence-electron chi connectivity index (χ0n) is 15.7. The van der Waals surface area contributed by atoms with Crippen molar-refractivity contribution in [2.24, 2.45) is 0 Å². The number of carbonyl (C=O) groups is 1. The fourth-order valence-electron chi connectivity index (χ4n) is 3.26. The molecule has 3 rings (SSSR count). The number of furan rings is 1. The summed E-state index contributed by atoms with van der Waals surface area (Å²) in [5, 5.41) is 3.08. The summed E-state index contributed by atoms with van der Waals surface area (Å²) in [5.74, 6) is 0.913. The number of aryl methyl sites for hydroxylation is 2. The Bertz CT molecular complexity index is 713. The minimum atomic E-state index is -0.383. The standard InChI is InChI=1S/C21H28N2O3/c1-17-10-11-19(26-17)20(24)22-21(2)12-14-23(16-25-15-21)13-6-9-18-7-4-3-5-8-18/h3-5,7-8,10-11H,6,9,12-16H2,1-2H3,(H,22,24). The van der Waals surface area contributed by atoms with Gasteiger partial charge < -0.3 is 14.5 Å². The lowest BCUT2D eigenvalue weighted by Gasteiger charge is -2.28. The molecule has 1 aromatic heterocycles. The number of benzene rings is 1. The molecule has 1 atom stereocenters. The molecule has 0 bridgehead atoms. The lowest BCUT2D eigenvalue weighted by Crippen LogP contribution is -2.49. The number of nitrogens with zero attached hydrogens (tertiary/aromatic N) is 1. The Kier molecular flexibility index (Phi) is 6.12. The molecule has 1 saturated heterocycles. The largest absolute Gasteiger partial charge is 0.456 e. The van der Waals surface area contributed by atoms with Crippen molar-refractivity contribution in [3.63, 3.8) is 0 Å². The highest BCUT2D eigenvalue weighted by Crippen LogP contribution is 2.18. The predicted molar refractivity (Wildman–Crippen MR) is 101 cm³/mol. The molecule has 1 aliphatic heterocycles. The van der Waals surface area contributed by atoms with Crippen molar-refractivity contribution in [3.05, 3.63) is 59.5 Å². The Labute approximate surface area is 155 Å². The fraction of sp³-hybridized carbons (Fsp3) is 0.476. The van der Waals surface area contributed by atoms with E-state index in [-0.39, 0.29) is 11.4 Å². The SMILES string of the molecule is Cc1ccc(C(=O)NC2(C)CCN(CCCc3ccccc3)COC2)o1. The minimum Gasteiger partial charge on any atom is -0.456 e. The van der Waals surface area contributed by atoms with Crippen molar-refractivity contribution < 1.29 is 13.9 Å². The third-order valence-corrected chi connectivity index (χ3v) is 4.84. The van der Waals surface area contributed by atoms with E-state index in [4.69, 9.17) is 9.15 Å². The molecule has 1 unspecified atom stereocenters. The molecular weight excluding hydrogens is 328 g/mol. The van der Waals surface area contributed by atoms with Gasteiger partial charge in [0.1, 0.15) is 5.76 Å². The second-order valence-corrected chi connectivity index (χ2v) is 7.36. The van der Waals surface area contributed by atoms with Gasteiger partial charge >= 0.3 is 0 Å². The van der Waals surface area contributed by atoms with Crippen LogP contribution in [0.3, 0.4) is 0 Å². The van der Waals surface area contributed by atoms with Gasteiger partial charge in [0.15, 0.2) is 5.76 Å². The lowest BCUT2D eigenvalue weighted by atomic mass is 9.98. The summed E-state index contributed by atoms with van der Waals surface area (Å²) >= 11 is 0. The molecule has 140 valence electrons. The summed E-state index contributed by atoms with van der Waals surface area (Å²) in [6.07, 6.45) is 3.02. The quantitative estimate of drug-likeness (QED) is 0.862. The second-order valence-electron chi connectivity index (χ2n) is 7.36. The van der Waals surface area contributed by atoms with Gasteiger partial charge in [0, 0.05) is 13.1 Å². The molecule has 0 radical (unpaired) electrons. The van der Waals surface area contributed by atoms with Gasteiger partial charge in [0.2, 0.25) is 0 Å². The number of carbonyl (C=O) groups excluding carboxylic acids is 1. The van der Waals surface area contributed by atoms with Gasteiger partial charge in [-0.15, -0.1) is 0 Å². The Hall–Kier alpha value is -2.11. The van der Waals surface area contributed by atoms with Crippen LogP contribution in [-0.4, -0.2) is 42.8 Å². The first-order valence-corrected chi connectivity index (χ1v) is 9.27. The van der Waals surface area contributed by atoms with Crippen LogP contribution < -0.4 is 5.32 Å². The molecular formula is C21H28N2O3. The van der Waals surface area contributed by atoms with Crippen LogP contribution in [0.1, 0.15) is 41.6 Å². The molecule has 5 nitrogen and oxygen atoms in total. The van der Waals surface area contributed by atoms with E-state index < -0.39 is 0 Å². The van der Waals surface area contributed by atoms with E-state index in [0.29, 0.717) is 19.1 Å². The van der Waals surface area contributed by atoms with Gasteiger partial charge in [-0.2, -0.15) is 0 Å². The molecule has 0 saturated carbocycles. The van der Waals surface area contributed by atoms with Crippen molar-refractivity contribution in [3.8, 4) is 0 Å². The second kappa shape index (κ2) is 8.52. The number of hydrogen-bond donors (Lipinski definition) is 1. The zero-order valence-corrected chi connectivity index (χ0v) is 15.7. The summed E-state index contributed by atoms with van der Waals surface area (Å²) in [4.78, 5) is 14.7. The number of ether oxygens (including phenoxy) is 1.